The molecule has 1 aromatic heterocycles. The molecule has 0 spiro atoms. The Morgan fingerprint density at radius 1 is 0.921 bits per heavy atom. The number of thiocarbonyl (C=S) groups is 1. The van der Waals surface area contributed by atoms with Gasteiger partial charge in [0.15, 0.2) is 10.9 Å². The van der Waals surface area contributed by atoms with E-state index in [1.165, 1.54) is 0 Å². The van der Waals surface area contributed by atoms with Gasteiger partial charge in [-0.25, -0.2) is 0 Å². The van der Waals surface area contributed by atoms with Crippen molar-refractivity contribution in [1.82, 2.24) is 10.2 Å². The normalized spacial score (nSPS) is 15.9. The van der Waals surface area contributed by atoms with Crippen LogP contribution in [0.25, 0.3) is 11.3 Å². The molecule has 3 heterocycles. The molecule has 0 radical (unpaired) electrons. The van der Waals surface area contributed by atoms with Crippen LogP contribution < -0.4 is 15.1 Å². The van der Waals surface area contributed by atoms with Crippen LogP contribution in [0.4, 0.5) is 17.1 Å². The number of rotatable bonds is 5. The van der Waals surface area contributed by atoms with E-state index in [0.717, 1.165) is 48.1 Å². The van der Waals surface area contributed by atoms with E-state index in [1.54, 1.807) is 18.2 Å². The van der Waals surface area contributed by atoms with Crippen molar-refractivity contribution < 1.29 is 14.1 Å². The minimum atomic E-state index is -0.387. The molecule has 2 aliphatic heterocycles. The van der Waals surface area contributed by atoms with E-state index in [0.29, 0.717) is 42.7 Å². The van der Waals surface area contributed by atoms with Crippen molar-refractivity contribution >= 4 is 56.2 Å². The molecule has 0 atom stereocenters. The van der Waals surface area contributed by atoms with Gasteiger partial charge < -0.3 is 19.1 Å². The number of nitro groups is 1. The highest BCUT2D eigenvalue weighted by Gasteiger charge is 2.26. The minimum Gasteiger partial charge on any atom is -0.451 e. The van der Waals surface area contributed by atoms with Crippen molar-refractivity contribution in [2.45, 2.75) is 19.3 Å². The third-order valence-corrected chi connectivity index (χ3v) is 7.85. The predicted molar refractivity (Wildman–Crippen MR) is 155 cm³/mol. The van der Waals surface area contributed by atoms with Crippen LogP contribution >= 0.6 is 28.1 Å². The lowest BCUT2D eigenvalue weighted by molar-refractivity contribution is -0.384. The van der Waals surface area contributed by atoms with Crippen molar-refractivity contribution in [2.75, 3.05) is 49.1 Å². The number of nitrogens with one attached hydrogen (secondary N) is 1. The number of benzene rings is 2. The van der Waals surface area contributed by atoms with Crippen LogP contribution in [-0.2, 0) is 0 Å². The molecule has 5 rings (SSSR count). The standard InChI is InChI=1S/C27H28BrN5O4S/c28-20-6-4-19(5-7-20)24-10-11-25(37-24)26(34)29-27(38)32-16-14-30(15-17-32)21-8-9-22(33(35)36)23(18-21)31-12-2-1-3-13-31/h4-11,18H,1-3,12-17H2,(H,29,34,38). The van der Waals surface area contributed by atoms with Crippen molar-refractivity contribution in [3.63, 3.8) is 0 Å². The SMILES string of the molecule is O=C(NC(=S)N1CCN(c2ccc([N+](=O)[O-])c(N3CCCCC3)c2)CC1)c1ccc(-c2ccc(Br)cc2)o1. The van der Waals surface area contributed by atoms with Crippen LogP contribution in [0.3, 0.4) is 0 Å². The van der Waals surface area contributed by atoms with Gasteiger partial charge >= 0.3 is 0 Å². The molecule has 1 amide bonds. The van der Waals surface area contributed by atoms with Crippen LogP contribution in [0.2, 0.25) is 0 Å². The molecule has 9 nitrogen and oxygen atoms in total. The van der Waals surface area contributed by atoms with Gasteiger partial charge in [-0.2, -0.15) is 0 Å². The van der Waals surface area contributed by atoms with Crippen molar-refractivity contribution in [1.29, 1.82) is 0 Å². The number of piperazine rings is 1. The Morgan fingerprint density at radius 3 is 2.32 bits per heavy atom. The average Bonchev–Trinajstić information content (AvgIpc) is 3.44. The summed E-state index contributed by atoms with van der Waals surface area (Å²) in [6.45, 7) is 4.29. The second kappa shape index (κ2) is 11.5. The Hall–Kier alpha value is -3.44. The van der Waals surface area contributed by atoms with Gasteiger partial charge in [-0.3, -0.25) is 20.2 Å². The Balaban J connectivity index is 1.19. The summed E-state index contributed by atoms with van der Waals surface area (Å²) >= 11 is 8.93. The Labute approximate surface area is 234 Å². The summed E-state index contributed by atoms with van der Waals surface area (Å²) < 4.78 is 6.72. The molecular weight excluding hydrogens is 570 g/mol. The monoisotopic (exact) mass is 597 g/mol. The van der Waals surface area contributed by atoms with E-state index in [2.05, 4.69) is 31.0 Å². The maximum atomic E-state index is 12.8. The number of hydrogen-bond acceptors (Lipinski definition) is 7. The molecule has 0 unspecified atom stereocenters. The average molecular weight is 599 g/mol. The molecule has 0 saturated carbocycles. The van der Waals surface area contributed by atoms with E-state index in [-0.39, 0.29) is 22.3 Å². The number of carbonyl (C=O) groups is 1. The highest BCUT2D eigenvalue weighted by molar-refractivity contribution is 9.10. The van der Waals surface area contributed by atoms with Gasteiger partial charge in [0.1, 0.15) is 11.4 Å². The predicted octanol–water partition coefficient (Wildman–Crippen LogP) is 5.44. The highest BCUT2D eigenvalue weighted by atomic mass is 79.9. The maximum absolute atomic E-state index is 12.8. The molecule has 3 aromatic rings. The van der Waals surface area contributed by atoms with Crippen LogP contribution in [0.5, 0.6) is 0 Å². The zero-order valence-corrected chi connectivity index (χ0v) is 23.2. The quantitative estimate of drug-likeness (QED) is 0.236. The lowest BCUT2D eigenvalue weighted by atomic mass is 10.1. The van der Waals surface area contributed by atoms with Crippen LogP contribution in [0, 0.1) is 10.1 Å². The largest absolute Gasteiger partial charge is 0.451 e. The summed E-state index contributed by atoms with van der Waals surface area (Å²) in [5.74, 6) is 0.413. The number of amides is 1. The molecule has 11 heteroatoms. The summed E-state index contributed by atoms with van der Waals surface area (Å²) in [7, 11) is 0. The summed E-state index contributed by atoms with van der Waals surface area (Å²) in [5, 5.41) is 14.8. The maximum Gasteiger partial charge on any atom is 0.293 e. The molecule has 198 valence electrons. The van der Waals surface area contributed by atoms with Gasteiger partial charge in [-0.15, -0.1) is 0 Å². The molecule has 2 aliphatic rings. The van der Waals surface area contributed by atoms with Gasteiger partial charge in [0.05, 0.1) is 4.92 Å². The Kier molecular flexibility index (Phi) is 7.94. The number of hydrogen-bond donors (Lipinski definition) is 1. The first-order chi connectivity index (χ1) is 18.4. The van der Waals surface area contributed by atoms with Crippen LogP contribution in [0.1, 0.15) is 29.8 Å². The molecule has 2 saturated heterocycles. The Morgan fingerprint density at radius 2 is 1.63 bits per heavy atom. The van der Waals surface area contributed by atoms with Gasteiger partial charge in [-0.05, 0) is 67.9 Å². The number of carbonyl (C=O) groups excluding carboxylic acids is 1. The minimum absolute atomic E-state index is 0.152. The first-order valence-electron chi connectivity index (χ1n) is 12.6. The number of furan rings is 1. The van der Waals surface area contributed by atoms with Crippen LogP contribution in [0.15, 0.2) is 63.5 Å². The lowest BCUT2D eigenvalue weighted by Crippen LogP contribution is -2.52. The van der Waals surface area contributed by atoms with Gasteiger partial charge in [-0.1, -0.05) is 28.1 Å². The second-order valence-electron chi connectivity index (χ2n) is 9.38. The highest BCUT2D eigenvalue weighted by Crippen LogP contribution is 2.34. The zero-order chi connectivity index (χ0) is 26.6. The van der Waals surface area contributed by atoms with E-state index in [9.17, 15) is 14.9 Å². The van der Waals surface area contributed by atoms with Crippen LogP contribution in [-0.4, -0.2) is 60.1 Å². The smallest absolute Gasteiger partial charge is 0.293 e. The fourth-order valence-electron chi connectivity index (χ4n) is 4.89. The topological polar surface area (TPSA) is 95.1 Å². The first-order valence-corrected chi connectivity index (χ1v) is 13.8. The van der Waals surface area contributed by atoms with E-state index < -0.39 is 0 Å². The number of nitro benzene ring substituents is 1. The third-order valence-electron chi connectivity index (χ3n) is 6.96. The first kappa shape index (κ1) is 26.2. The summed E-state index contributed by atoms with van der Waals surface area (Å²) in [4.78, 5) is 30.4. The fourth-order valence-corrected chi connectivity index (χ4v) is 5.43. The lowest BCUT2D eigenvalue weighted by Gasteiger charge is -2.37. The van der Waals surface area contributed by atoms with E-state index >= 15 is 0 Å². The molecule has 1 N–H and O–H groups in total. The molecule has 2 aromatic carbocycles. The number of anilines is 2. The van der Waals surface area contributed by atoms with E-state index in [1.807, 2.05) is 41.3 Å². The Bertz CT molecular complexity index is 1330. The fraction of sp³-hybridized carbons (Fsp3) is 0.333. The van der Waals surface area contributed by atoms with Crippen molar-refractivity contribution in [3.05, 3.63) is 74.9 Å². The number of halogens is 1. The van der Waals surface area contributed by atoms with E-state index in [4.69, 9.17) is 16.6 Å². The van der Waals surface area contributed by atoms with Gasteiger partial charge in [0.2, 0.25) is 0 Å². The summed E-state index contributed by atoms with van der Waals surface area (Å²) in [5.41, 5.74) is 2.68. The number of piperidine rings is 1. The third kappa shape index (κ3) is 5.83. The number of nitrogens with zero attached hydrogens (tertiary/aromatic N) is 4. The zero-order valence-electron chi connectivity index (χ0n) is 20.8. The molecule has 0 aliphatic carbocycles. The van der Waals surface area contributed by atoms with Gasteiger partial charge in [0.25, 0.3) is 11.6 Å². The van der Waals surface area contributed by atoms with Gasteiger partial charge in [0, 0.05) is 61.1 Å². The summed E-state index contributed by atoms with van der Waals surface area (Å²) in [6.07, 6.45) is 3.26. The molecule has 2 fully saturated rings. The molecule has 38 heavy (non-hydrogen) atoms. The van der Waals surface area contributed by atoms with Crippen molar-refractivity contribution in [2.24, 2.45) is 0 Å². The molecule has 0 bridgehead atoms. The molecular formula is C27H28BrN5O4S. The second-order valence-corrected chi connectivity index (χ2v) is 10.7. The summed E-state index contributed by atoms with van der Waals surface area (Å²) in [6, 6.07) is 16.4. The van der Waals surface area contributed by atoms with Crippen molar-refractivity contribution in [3.8, 4) is 11.3 Å².